The molecule has 21 heavy (non-hydrogen) atoms. The molecule has 0 bridgehead atoms. The van der Waals surface area contributed by atoms with E-state index in [2.05, 4.69) is 24.1 Å². The number of anilines is 1. The van der Waals surface area contributed by atoms with Crippen LogP contribution >= 0.6 is 0 Å². The highest BCUT2D eigenvalue weighted by Crippen LogP contribution is 2.28. The Morgan fingerprint density at radius 1 is 1.38 bits per heavy atom. The van der Waals surface area contributed by atoms with Gasteiger partial charge in [0.1, 0.15) is 5.82 Å². The van der Waals surface area contributed by atoms with Crippen LogP contribution in [0.25, 0.3) is 0 Å². The van der Waals surface area contributed by atoms with Gasteiger partial charge in [0.25, 0.3) is 0 Å². The lowest BCUT2D eigenvalue weighted by atomic mass is 10.1. The Morgan fingerprint density at radius 3 is 2.81 bits per heavy atom. The molecule has 1 aromatic carbocycles. The van der Waals surface area contributed by atoms with Crippen LogP contribution in [0.15, 0.2) is 18.2 Å². The second-order valence-electron chi connectivity index (χ2n) is 6.25. The molecule has 2 rings (SSSR count). The molecule has 0 aliphatic heterocycles. The highest BCUT2D eigenvalue weighted by Gasteiger charge is 2.21. The van der Waals surface area contributed by atoms with E-state index in [1.165, 1.54) is 18.9 Å². The van der Waals surface area contributed by atoms with Gasteiger partial charge >= 0.3 is 0 Å². The topological polar surface area (TPSA) is 24.5 Å². The zero-order valence-electron chi connectivity index (χ0n) is 13.4. The average Bonchev–Trinajstić information content (AvgIpc) is 3.25. The Labute approximate surface area is 127 Å². The summed E-state index contributed by atoms with van der Waals surface area (Å²) in [6.07, 6.45) is 2.64. The molecule has 1 saturated carbocycles. The van der Waals surface area contributed by atoms with Crippen molar-refractivity contribution in [1.29, 1.82) is 0 Å². The van der Waals surface area contributed by atoms with Crippen LogP contribution in [0, 0.1) is 11.7 Å². The van der Waals surface area contributed by atoms with Crippen LogP contribution in [0.5, 0.6) is 0 Å². The van der Waals surface area contributed by atoms with E-state index in [-0.39, 0.29) is 5.82 Å². The van der Waals surface area contributed by atoms with E-state index < -0.39 is 0 Å². The van der Waals surface area contributed by atoms with Gasteiger partial charge in [-0.25, -0.2) is 4.39 Å². The Kier molecular flexibility index (Phi) is 6.00. The predicted octanol–water partition coefficient (Wildman–Crippen LogP) is 3.19. The molecule has 4 heteroatoms. The standard InChI is InChI=1S/C17H27FN2O/c1-13(2)19-11-15-10-16(18)6-7-17(15)20(3)8-9-21-12-14-4-5-14/h6-7,10,13-14,19H,4-5,8-9,11-12H2,1-3H3. The number of hydrogen-bond donors (Lipinski definition) is 1. The van der Waals surface area contributed by atoms with Crippen LogP contribution in [0.2, 0.25) is 0 Å². The van der Waals surface area contributed by atoms with E-state index in [1.54, 1.807) is 6.07 Å². The van der Waals surface area contributed by atoms with E-state index >= 15 is 0 Å². The second-order valence-corrected chi connectivity index (χ2v) is 6.25. The summed E-state index contributed by atoms with van der Waals surface area (Å²) in [5.41, 5.74) is 2.06. The van der Waals surface area contributed by atoms with Crippen molar-refractivity contribution in [2.75, 3.05) is 31.7 Å². The summed E-state index contributed by atoms with van der Waals surface area (Å²) in [6.45, 7) is 7.30. The minimum Gasteiger partial charge on any atom is -0.379 e. The SMILES string of the molecule is CC(C)NCc1cc(F)ccc1N(C)CCOCC1CC1. The van der Waals surface area contributed by atoms with Crippen molar-refractivity contribution in [1.82, 2.24) is 5.32 Å². The van der Waals surface area contributed by atoms with Crippen LogP contribution in [0.3, 0.4) is 0 Å². The van der Waals surface area contributed by atoms with Gasteiger partial charge in [-0.1, -0.05) is 13.8 Å². The molecule has 0 heterocycles. The van der Waals surface area contributed by atoms with Crippen molar-refractivity contribution in [2.45, 2.75) is 39.3 Å². The van der Waals surface area contributed by atoms with Crippen LogP contribution in [0.4, 0.5) is 10.1 Å². The Morgan fingerprint density at radius 2 is 2.14 bits per heavy atom. The summed E-state index contributed by atoms with van der Waals surface area (Å²) in [5, 5.41) is 3.35. The van der Waals surface area contributed by atoms with Gasteiger partial charge in [-0.3, -0.25) is 0 Å². The molecule has 1 aromatic rings. The minimum absolute atomic E-state index is 0.183. The maximum atomic E-state index is 13.5. The highest BCUT2D eigenvalue weighted by molar-refractivity contribution is 5.53. The smallest absolute Gasteiger partial charge is 0.123 e. The van der Waals surface area contributed by atoms with Crippen molar-refractivity contribution in [3.8, 4) is 0 Å². The summed E-state index contributed by atoms with van der Waals surface area (Å²) >= 11 is 0. The summed E-state index contributed by atoms with van der Waals surface area (Å²) in [5.74, 6) is 0.615. The zero-order valence-corrected chi connectivity index (χ0v) is 13.4. The number of halogens is 1. The Hall–Kier alpha value is -1.13. The molecular formula is C17H27FN2O. The van der Waals surface area contributed by atoms with E-state index in [0.29, 0.717) is 12.6 Å². The van der Waals surface area contributed by atoms with Crippen molar-refractivity contribution in [2.24, 2.45) is 5.92 Å². The van der Waals surface area contributed by atoms with Crippen LogP contribution in [-0.4, -0.2) is 32.8 Å². The van der Waals surface area contributed by atoms with Gasteiger partial charge in [-0.15, -0.1) is 0 Å². The third-order valence-electron chi connectivity index (χ3n) is 3.78. The summed E-state index contributed by atoms with van der Waals surface area (Å²) in [4.78, 5) is 2.14. The summed E-state index contributed by atoms with van der Waals surface area (Å²) in [6, 6.07) is 5.38. The number of nitrogens with zero attached hydrogens (tertiary/aromatic N) is 1. The number of likely N-dealkylation sites (N-methyl/N-ethyl adjacent to an activating group) is 1. The number of nitrogens with one attached hydrogen (secondary N) is 1. The molecule has 3 nitrogen and oxygen atoms in total. The first-order chi connectivity index (χ1) is 10.1. The maximum Gasteiger partial charge on any atom is 0.123 e. The quantitative estimate of drug-likeness (QED) is 0.708. The molecule has 0 radical (unpaired) electrons. The van der Waals surface area contributed by atoms with Crippen LogP contribution in [-0.2, 0) is 11.3 Å². The largest absolute Gasteiger partial charge is 0.379 e. The fourth-order valence-electron chi connectivity index (χ4n) is 2.24. The molecule has 0 atom stereocenters. The Bertz CT molecular complexity index is 446. The van der Waals surface area contributed by atoms with Gasteiger partial charge in [0.2, 0.25) is 0 Å². The maximum absolute atomic E-state index is 13.5. The zero-order chi connectivity index (χ0) is 15.2. The molecular weight excluding hydrogens is 267 g/mol. The molecule has 1 aliphatic carbocycles. The van der Waals surface area contributed by atoms with E-state index in [1.807, 2.05) is 13.1 Å². The van der Waals surface area contributed by atoms with Gasteiger partial charge in [-0.05, 0) is 42.5 Å². The first-order valence-electron chi connectivity index (χ1n) is 7.87. The minimum atomic E-state index is -0.183. The molecule has 1 fully saturated rings. The first kappa shape index (κ1) is 16.2. The van der Waals surface area contributed by atoms with Crippen molar-refractivity contribution in [3.05, 3.63) is 29.6 Å². The van der Waals surface area contributed by atoms with Crippen molar-refractivity contribution >= 4 is 5.69 Å². The van der Waals surface area contributed by atoms with Gasteiger partial charge in [-0.2, -0.15) is 0 Å². The van der Waals surface area contributed by atoms with Crippen molar-refractivity contribution in [3.63, 3.8) is 0 Å². The molecule has 118 valence electrons. The lowest BCUT2D eigenvalue weighted by Gasteiger charge is -2.23. The molecule has 0 aromatic heterocycles. The lowest BCUT2D eigenvalue weighted by molar-refractivity contribution is 0.131. The Balaban J connectivity index is 1.88. The number of hydrogen-bond acceptors (Lipinski definition) is 3. The molecule has 0 spiro atoms. The van der Waals surface area contributed by atoms with Crippen LogP contribution < -0.4 is 10.2 Å². The molecule has 0 unspecified atom stereocenters. The lowest BCUT2D eigenvalue weighted by Crippen LogP contribution is -2.27. The first-order valence-corrected chi connectivity index (χ1v) is 7.87. The third-order valence-corrected chi connectivity index (χ3v) is 3.78. The van der Waals surface area contributed by atoms with Gasteiger partial charge < -0.3 is 15.0 Å². The summed E-state index contributed by atoms with van der Waals surface area (Å²) < 4.78 is 19.1. The molecule has 0 amide bonds. The fraction of sp³-hybridized carbons (Fsp3) is 0.647. The average molecular weight is 294 g/mol. The fourth-order valence-corrected chi connectivity index (χ4v) is 2.24. The monoisotopic (exact) mass is 294 g/mol. The molecule has 1 N–H and O–H groups in total. The third kappa shape index (κ3) is 5.64. The second kappa shape index (κ2) is 7.76. The van der Waals surface area contributed by atoms with Gasteiger partial charge in [0.05, 0.1) is 6.61 Å². The molecule has 1 aliphatic rings. The van der Waals surface area contributed by atoms with Crippen LogP contribution in [0.1, 0.15) is 32.3 Å². The number of rotatable bonds is 9. The van der Waals surface area contributed by atoms with E-state index in [9.17, 15) is 4.39 Å². The normalized spacial score (nSPS) is 14.7. The van der Waals surface area contributed by atoms with Gasteiger partial charge in [0, 0.05) is 38.5 Å². The number of ether oxygens (including phenoxy) is 1. The van der Waals surface area contributed by atoms with E-state index in [0.717, 1.165) is 36.9 Å². The van der Waals surface area contributed by atoms with Gasteiger partial charge in [0.15, 0.2) is 0 Å². The highest BCUT2D eigenvalue weighted by atomic mass is 19.1. The molecule has 0 saturated heterocycles. The predicted molar refractivity (Wildman–Crippen MR) is 85.2 cm³/mol. The summed E-state index contributed by atoms with van der Waals surface area (Å²) in [7, 11) is 2.03. The van der Waals surface area contributed by atoms with Crippen molar-refractivity contribution < 1.29 is 9.13 Å². The number of benzene rings is 1. The van der Waals surface area contributed by atoms with E-state index in [4.69, 9.17) is 4.74 Å².